The SMILES string of the molecule is CCNC(=NCCNC(C)(C)C)N1CCC(Cc2cnn(C)c2)C1. The monoisotopic (exact) mass is 334 g/mol. The minimum absolute atomic E-state index is 0.149. The molecule has 0 amide bonds. The smallest absolute Gasteiger partial charge is 0.193 e. The number of guanidine groups is 1. The summed E-state index contributed by atoms with van der Waals surface area (Å²) in [5, 5.41) is 11.2. The van der Waals surface area contributed by atoms with Crippen LogP contribution >= 0.6 is 0 Å². The van der Waals surface area contributed by atoms with E-state index < -0.39 is 0 Å². The average molecular weight is 335 g/mol. The molecule has 0 radical (unpaired) electrons. The van der Waals surface area contributed by atoms with Gasteiger partial charge in [0, 0.05) is 45.0 Å². The summed E-state index contributed by atoms with van der Waals surface area (Å²) in [6, 6.07) is 0. The van der Waals surface area contributed by atoms with E-state index >= 15 is 0 Å². The van der Waals surface area contributed by atoms with Crippen molar-refractivity contribution in [3.63, 3.8) is 0 Å². The molecule has 6 heteroatoms. The van der Waals surface area contributed by atoms with Gasteiger partial charge in [-0.3, -0.25) is 9.67 Å². The summed E-state index contributed by atoms with van der Waals surface area (Å²) < 4.78 is 1.88. The van der Waals surface area contributed by atoms with E-state index in [-0.39, 0.29) is 5.54 Å². The molecular weight excluding hydrogens is 300 g/mol. The van der Waals surface area contributed by atoms with Crippen LogP contribution in [0.25, 0.3) is 0 Å². The second kappa shape index (κ2) is 8.51. The van der Waals surface area contributed by atoms with Crippen molar-refractivity contribution in [1.29, 1.82) is 0 Å². The highest BCUT2D eigenvalue weighted by molar-refractivity contribution is 5.80. The highest BCUT2D eigenvalue weighted by Crippen LogP contribution is 2.20. The molecule has 1 fully saturated rings. The highest BCUT2D eigenvalue weighted by atomic mass is 15.3. The van der Waals surface area contributed by atoms with Crippen LogP contribution in [0.4, 0.5) is 0 Å². The van der Waals surface area contributed by atoms with Gasteiger partial charge in [0.25, 0.3) is 0 Å². The maximum atomic E-state index is 4.80. The van der Waals surface area contributed by atoms with Crippen molar-refractivity contribution in [1.82, 2.24) is 25.3 Å². The molecule has 1 aromatic heterocycles. The zero-order valence-electron chi connectivity index (χ0n) is 16.0. The van der Waals surface area contributed by atoms with Crippen LogP contribution in [0.1, 0.15) is 39.7 Å². The third-order valence-corrected chi connectivity index (χ3v) is 4.23. The molecule has 24 heavy (non-hydrogen) atoms. The number of likely N-dealkylation sites (tertiary alicyclic amines) is 1. The molecule has 0 bridgehead atoms. The van der Waals surface area contributed by atoms with E-state index in [1.807, 2.05) is 17.9 Å². The Hall–Kier alpha value is -1.56. The largest absolute Gasteiger partial charge is 0.357 e. The summed E-state index contributed by atoms with van der Waals surface area (Å²) in [7, 11) is 1.98. The summed E-state index contributed by atoms with van der Waals surface area (Å²) >= 11 is 0. The molecule has 0 aromatic carbocycles. The fourth-order valence-corrected chi connectivity index (χ4v) is 3.12. The predicted molar refractivity (Wildman–Crippen MR) is 100 cm³/mol. The molecule has 1 aliphatic rings. The minimum atomic E-state index is 0.149. The van der Waals surface area contributed by atoms with Crippen LogP contribution in [0, 0.1) is 5.92 Å². The van der Waals surface area contributed by atoms with Gasteiger partial charge in [0.05, 0.1) is 12.7 Å². The molecule has 2 rings (SSSR count). The van der Waals surface area contributed by atoms with Gasteiger partial charge in [-0.25, -0.2) is 0 Å². The van der Waals surface area contributed by atoms with Gasteiger partial charge in [-0.1, -0.05) is 0 Å². The molecule has 136 valence electrons. The van der Waals surface area contributed by atoms with E-state index in [9.17, 15) is 0 Å². The first-order valence-electron chi connectivity index (χ1n) is 9.13. The number of nitrogens with one attached hydrogen (secondary N) is 2. The summed E-state index contributed by atoms with van der Waals surface area (Å²) in [6.07, 6.45) is 6.44. The van der Waals surface area contributed by atoms with E-state index in [2.05, 4.69) is 54.5 Å². The van der Waals surface area contributed by atoms with Crippen molar-refractivity contribution in [2.24, 2.45) is 18.0 Å². The zero-order valence-corrected chi connectivity index (χ0v) is 16.0. The molecule has 6 nitrogen and oxygen atoms in total. The van der Waals surface area contributed by atoms with Gasteiger partial charge in [0.15, 0.2) is 5.96 Å². The number of aromatic nitrogens is 2. The topological polar surface area (TPSA) is 57.5 Å². The fourth-order valence-electron chi connectivity index (χ4n) is 3.12. The van der Waals surface area contributed by atoms with Crippen LogP contribution in [0.15, 0.2) is 17.4 Å². The second-order valence-electron chi connectivity index (χ2n) is 7.74. The van der Waals surface area contributed by atoms with Crippen LogP contribution in [-0.4, -0.2) is 58.9 Å². The maximum Gasteiger partial charge on any atom is 0.193 e. The number of rotatable bonds is 6. The number of aliphatic imine (C=N–C) groups is 1. The molecule has 0 saturated carbocycles. The van der Waals surface area contributed by atoms with Crippen molar-refractivity contribution in [2.75, 3.05) is 32.7 Å². The van der Waals surface area contributed by atoms with Crippen molar-refractivity contribution in [2.45, 2.75) is 46.1 Å². The number of hydrogen-bond donors (Lipinski definition) is 2. The van der Waals surface area contributed by atoms with Crippen molar-refractivity contribution in [3.05, 3.63) is 18.0 Å². The quantitative estimate of drug-likeness (QED) is 0.472. The molecule has 2 N–H and O–H groups in total. The van der Waals surface area contributed by atoms with Crippen molar-refractivity contribution < 1.29 is 0 Å². The Morgan fingerprint density at radius 1 is 1.42 bits per heavy atom. The van der Waals surface area contributed by atoms with E-state index in [4.69, 9.17) is 4.99 Å². The van der Waals surface area contributed by atoms with Gasteiger partial charge < -0.3 is 15.5 Å². The lowest BCUT2D eigenvalue weighted by atomic mass is 10.0. The first-order chi connectivity index (χ1) is 11.4. The Morgan fingerprint density at radius 3 is 2.83 bits per heavy atom. The Labute approximate surface area is 146 Å². The standard InChI is InChI=1S/C18H34N6/c1-6-19-17(20-8-9-21-18(2,3)4)24-10-7-15(14-24)11-16-12-22-23(5)13-16/h12-13,15,21H,6-11,14H2,1-5H3,(H,19,20). The van der Waals surface area contributed by atoms with Crippen LogP contribution in [0.5, 0.6) is 0 Å². The molecular formula is C18H34N6. The Bertz CT molecular complexity index is 528. The average Bonchev–Trinajstić information content (AvgIpc) is 3.11. The van der Waals surface area contributed by atoms with Gasteiger partial charge in [0.1, 0.15) is 0 Å². The van der Waals surface area contributed by atoms with Crippen molar-refractivity contribution >= 4 is 5.96 Å². The van der Waals surface area contributed by atoms with Crippen LogP contribution < -0.4 is 10.6 Å². The molecule has 0 spiro atoms. The highest BCUT2D eigenvalue weighted by Gasteiger charge is 2.25. The third-order valence-electron chi connectivity index (χ3n) is 4.23. The second-order valence-corrected chi connectivity index (χ2v) is 7.74. The first kappa shape index (κ1) is 18.8. The molecule has 1 aromatic rings. The van der Waals surface area contributed by atoms with Gasteiger partial charge >= 0.3 is 0 Å². The van der Waals surface area contributed by atoms with E-state index in [1.165, 1.54) is 12.0 Å². The first-order valence-corrected chi connectivity index (χ1v) is 9.13. The summed E-state index contributed by atoms with van der Waals surface area (Å²) in [6.45, 7) is 13.5. The molecule has 1 saturated heterocycles. The number of nitrogens with zero attached hydrogens (tertiary/aromatic N) is 4. The predicted octanol–water partition coefficient (Wildman–Crippen LogP) is 1.64. The van der Waals surface area contributed by atoms with E-state index in [1.54, 1.807) is 0 Å². The summed E-state index contributed by atoms with van der Waals surface area (Å²) in [5.41, 5.74) is 1.48. The van der Waals surface area contributed by atoms with Gasteiger partial charge in [-0.05, 0) is 52.0 Å². The molecule has 1 unspecified atom stereocenters. The van der Waals surface area contributed by atoms with Crippen LogP contribution in [0.3, 0.4) is 0 Å². The Balaban J connectivity index is 1.84. The van der Waals surface area contributed by atoms with Crippen LogP contribution in [0.2, 0.25) is 0 Å². The minimum Gasteiger partial charge on any atom is -0.357 e. The number of hydrogen-bond acceptors (Lipinski definition) is 3. The van der Waals surface area contributed by atoms with E-state index in [0.717, 1.165) is 45.1 Å². The third kappa shape index (κ3) is 6.15. The summed E-state index contributed by atoms with van der Waals surface area (Å²) in [5.74, 6) is 1.74. The fraction of sp³-hybridized carbons (Fsp3) is 0.778. The van der Waals surface area contributed by atoms with Crippen LogP contribution in [-0.2, 0) is 13.5 Å². The van der Waals surface area contributed by atoms with Crippen molar-refractivity contribution in [3.8, 4) is 0 Å². The van der Waals surface area contributed by atoms with Gasteiger partial charge in [-0.2, -0.15) is 5.10 Å². The Morgan fingerprint density at radius 2 is 2.21 bits per heavy atom. The van der Waals surface area contributed by atoms with Gasteiger partial charge in [-0.15, -0.1) is 0 Å². The number of aryl methyl sites for hydroxylation is 1. The normalized spacial score (nSPS) is 19.1. The lowest BCUT2D eigenvalue weighted by Gasteiger charge is -2.23. The Kier molecular flexibility index (Phi) is 6.66. The zero-order chi connectivity index (χ0) is 17.6. The maximum absolute atomic E-state index is 4.80. The van der Waals surface area contributed by atoms with Gasteiger partial charge in [0.2, 0.25) is 0 Å². The molecule has 1 aliphatic heterocycles. The molecule has 2 heterocycles. The lowest BCUT2D eigenvalue weighted by Crippen LogP contribution is -2.41. The molecule has 0 aliphatic carbocycles. The molecule has 1 atom stereocenters. The lowest BCUT2D eigenvalue weighted by molar-refractivity contribution is 0.429. The van der Waals surface area contributed by atoms with E-state index in [0.29, 0.717) is 5.92 Å². The summed E-state index contributed by atoms with van der Waals surface area (Å²) in [4.78, 5) is 7.20.